The van der Waals surface area contributed by atoms with E-state index in [0.29, 0.717) is 6.61 Å². The molecule has 0 aromatic rings. The molecule has 0 atom stereocenters. The van der Waals surface area contributed by atoms with Crippen LogP contribution in [0.25, 0.3) is 0 Å². The molecule has 0 amide bonds. The maximum absolute atomic E-state index is 10.6. The summed E-state index contributed by atoms with van der Waals surface area (Å²) in [6.07, 6.45) is 3.76. The van der Waals surface area contributed by atoms with Crippen molar-refractivity contribution in [2.45, 2.75) is 19.8 Å². The van der Waals surface area contributed by atoms with Gasteiger partial charge in [0.15, 0.2) is 5.78 Å². The molecule has 0 aromatic carbocycles. The average Bonchev–Trinajstić information content (AvgIpc) is 1.88. The first-order valence-corrected chi connectivity index (χ1v) is 3.57. The van der Waals surface area contributed by atoms with Gasteiger partial charge in [-0.2, -0.15) is 0 Å². The zero-order valence-corrected chi connectivity index (χ0v) is 6.22. The van der Waals surface area contributed by atoms with Gasteiger partial charge in [0.2, 0.25) is 0 Å². The quantitative estimate of drug-likeness (QED) is 0.513. The fourth-order valence-corrected chi connectivity index (χ4v) is 1.08. The predicted molar refractivity (Wildman–Crippen MR) is 38.8 cm³/mol. The Balaban J connectivity index is 2.45. The van der Waals surface area contributed by atoms with Gasteiger partial charge in [0.25, 0.3) is 0 Å². The van der Waals surface area contributed by atoms with E-state index >= 15 is 0 Å². The second kappa shape index (κ2) is 3.52. The van der Waals surface area contributed by atoms with Gasteiger partial charge in [0, 0.05) is 6.61 Å². The van der Waals surface area contributed by atoms with E-state index in [1.54, 1.807) is 13.0 Å². The standard InChI is InChI=1S/C8H12O2/c1-7(9)5-8-3-2-4-10-6-8/h5H,2-4,6H2,1H3/b8-5+. The summed E-state index contributed by atoms with van der Waals surface area (Å²) in [7, 11) is 0. The molecular formula is C8H12O2. The van der Waals surface area contributed by atoms with Crippen LogP contribution in [0, 0.1) is 0 Å². The molecule has 10 heavy (non-hydrogen) atoms. The topological polar surface area (TPSA) is 26.3 Å². The highest BCUT2D eigenvalue weighted by atomic mass is 16.5. The first-order chi connectivity index (χ1) is 4.79. The van der Waals surface area contributed by atoms with Crippen LogP contribution in [0.3, 0.4) is 0 Å². The summed E-state index contributed by atoms with van der Waals surface area (Å²) >= 11 is 0. The average molecular weight is 140 g/mol. The number of ketones is 1. The van der Waals surface area contributed by atoms with Gasteiger partial charge in [-0.3, -0.25) is 4.79 Å². The molecular weight excluding hydrogens is 128 g/mol. The molecule has 56 valence electrons. The first kappa shape index (κ1) is 7.48. The molecule has 1 rings (SSSR count). The lowest BCUT2D eigenvalue weighted by molar-refractivity contribution is -0.112. The largest absolute Gasteiger partial charge is 0.377 e. The van der Waals surface area contributed by atoms with Crippen LogP contribution >= 0.6 is 0 Å². The van der Waals surface area contributed by atoms with E-state index < -0.39 is 0 Å². The lowest BCUT2D eigenvalue weighted by Crippen LogP contribution is -2.08. The van der Waals surface area contributed by atoms with E-state index in [1.165, 1.54) is 0 Å². The highest BCUT2D eigenvalue weighted by molar-refractivity contribution is 5.87. The summed E-state index contributed by atoms with van der Waals surface area (Å²) in [5.41, 5.74) is 1.14. The Kier molecular flexibility index (Phi) is 2.63. The molecule has 0 unspecified atom stereocenters. The minimum absolute atomic E-state index is 0.125. The van der Waals surface area contributed by atoms with Crippen molar-refractivity contribution in [1.29, 1.82) is 0 Å². The van der Waals surface area contributed by atoms with Gasteiger partial charge in [-0.05, 0) is 31.4 Å². The number of ether oxygens (including phenoxy) is 1. The van der Waals surface area contributed by atoms with Gasteiger partial charge >= 0.3 is 0 Å². The van der Waals surface area contributed by atoms with Crippen LogP contribution in [-0.4, -0.2) is 19.0 Å². The third kappa shape index (κ3) is 2.31. The molecule has 1 fully saturated rings. The van der Waals surface area contributed by atoms with Gasteiger partial charge in [-0.25, -0.2) is 0 Å². The van der Waals surface area contributed by atoms with Crippen molar-refractivity contribution < 1.29 is 9.53 Å². The molecule has 1 saturated heterocycles. The Morgan fingerprint density at radius 3 is 3.00 bits per heavy atom. The van der Waals surface area contributed by atoms with Crippen LogP contribution in [0.1, 0.15) is 19.8 Å². The number of hydrogen-bond donors (Lipinski definition) is 0. The van der Waals surface area contributed by atoms with E-state index in [4.69, 9.17) is 4.74 Å². The van der Waals surface area contributed by atoms with Crippen LogP contribution in [-0.2, 0) is 9.53 Å². The van der Waals surface area contributed by atoms with Gasteiger partial charge < -0.3 is 4.74 Å². The maximum atomic E-state index is 10.6. The van der Waals surface area contributed by atoms with Crippen LogP contribution in [0.2, 0.25) is 0 Å². The lowest BCUT2D eigenvalue weighted by Gasteiger charge is -2.13. The van der Waals surface area contributed by atoms with Crippen molar-refractivity contribution in [3.05, 3.63) is 11.6 Å². The highest BCUT2D eigenvalue weighted by Gasteiger charge is 2.04. The Morgan fingerprint density at radius 1 is 1.70 bits per heavy atom. The minimum Gasteiger partial charge on any atom is -0.377 e. The highest BCUT2D eigenvalue weighted by Crippen LogP contribution is 2.11. The number of carbonyl (C=O) groups is 1. The molecule has 2 heteroatoms. The van der Waals surface area contributed by atoms with E-state index in [-0.39, 0.29) is 5.78 Å². The molecule has 1 heterocycles. The number of rotatable bonds is 1. The predicted octanol–water partition coefficient (Wildman–Crippen LogP) is 1.31. The Hall–Kier alpha value is -0.630. The summed E-state index contributed by atoms with van der Waals surface area (Å²) in [6.45, 7) is 3.07. The van der Waals surface area contributed by atoms with Crippen LogP contribution < -0.4 is 0 Å². The van der Waals surface area contributed by atoms with E-state index in [0.717, 1.165) is 25.0 Å². The molecule has 0 saturated carbocycles. The van der Waals surface area contributed by atoms with Crippen LogP contribution in [0.5, 0.6) is 0 Å². The Labute approximate surface area is 60.9 Å². The summed E-state index contributed by atoms with van der Waals surface area (Å²) in [5.74, 6) is 0.125. The van der Waals surface area contributed by atoms with Crippen LogP contribution in [0.15, 0.2) is 11.6 Å². The molecule has 0 N–H and O–H groups in total. The fourth-order valence-electron chi connectivity index (χ4n) is 1.08. The molecule has 0 bridgehead atoms. The zero-order chi connectivity index (χ0) is 7.40. The van der Waals surface area contributed by atoms with Gasteiger partial charge in [0.1, 0.15) is 0 Å². The van der Waals surface area contributed by atoms with Crippen LogP contribution in [0.4, 0.5) is 0 Å². The molecule has 0 spiro atoms. The van der Waals surface area contributed by atoms with Crippen molar-refractivity contribution >= 4 is 5.78 Å². The van der Waals surface area contributed by atoms with Crippen molar-refractivity contribution in [2.75, 3.05) is 13.2 Å². The first-order valence-electron chi connectivity index (χ1n) is 3.57. The van der Waals surface area contributed by atoms with Gasteiger partial charge in [-0.1, -0.05) is 0 Å². The second-order valence-corrected chi connectivity index (χ2v) is 2.57. The lowest BCUT2D eigenvalue weighted by atomic mass is 10.1. The number of allylic oxidation sites excluding steroid dienone is 1. The molecule has 1 aliphatic rings. The maximum Gasteiger partial charge on any atom is 0.152 e. The summed E-state index contributed by atoms with van der Waals surface area (Å²) in [5, 5.41) is 0. The van der Waals surface area contributed by atoms with Crippen molar-refractivity contribution in [3.8, 4) is 0 Å². The van der Waals surface area contributed by atoms with E-state index in [1.807, 2.05) is 0 Å². The monoisotopic (exact) mass is 140 g/mol. The molecule has 0 aliphatic carbocycles. The Bertz CT molecular complexity index is 151. The normalized spacial score (nSPS) is 23.1. The third-order valence-corrected chi connectivity index (χ3v) is 1.48. The van der Waals surface area contributed by atoms with Gasteiger partial charge in [-0.15, -0.1) is 0 Å². The van der Waals surface area contributed by atoms with Crippen molar-refractivity contribution in [3.63, 3.8) is 0 Å². The minimum atomic E-state index is 0.125. The van der Waals surface area contributed by atoms with Crippen molar-refractivity contribution in [2.24, 2.45) is 0 Å². The third-order valence-electron chi connectivity index (χ3n) is 1.48. The molecule has 0 radical (unpaired) electrons. The number of hydrogen-bond acceptors (Lipinski definition) is 2. The molecule has 2 nitrogen and oxygen atoms in total. The second-order valence-electron chi connectivity index (χ2n) is 2.57. The summed E-state index contributed by atoms with van der Waals surface area (Å²) in [4.78, 5) is 10.6. The summed E-state index contributed by atoms with van der Waals surface area (Å²) < 4.78 is 5.16. The molecule has 0 aromatic heterocycles. The SMILES string of the molecule is CC(=O)/C=C1\CCCOC1. The zero-order valence-electron chi connectivity index (χ0n) is 6.22. The Morgan fingerprint density at radius 2 is 2.50 bits per heavy atom. The fraction of sp³-hybridized carbons (Fsp3) is 0.625. The van der Waals surface area contributed by atoms with E-state index in [9.17, 15) is 4.79 Å². The summed E-state index contributed by atoms with van der Waals surface area (Å²) in [6, 6.07) is 0. The van der Waals surface area contributed by atoms with E-state index in [2.05, 4.69) is 0 Å². The smallest absolute Gasteiger partial charge is 0.152 e. The number of carbonyl (C=O) groups excluding carboxylic acids is 1. The van der Waals surface area contributed by atoms with Crippen molar-refractivity contribution in [1.82, 2.24) is 0 Å². The molecule has 1 aliphatic heterocycles. The van der Waals surface area contributed by atoms with Gasteiger partial charge in [0.05, 0.1) is 6.61 Å².